The summed E-state index contributed by atoms with van der Waals surface area (Å²) >= 11 is 0. The zero-order chi connectivity index (χ0) is 15.5. The van der Waals surface area contributed by atoms with E-state index in [-0.39, 0.29) is 0 Å². The standard InChI is InChI=1S/C18H33N3/c1-5-8-9-10-14-21(16-15-20(6-2)7-3)18-17(4)12-11-13-19-18/h11-13H,5-10,14-16H2,1-4H3. The molecule has 0 saturated carbocycles. The lowest BCUT2D eigenvalue weighted by Crippen LogP contribution is -2.36. The molecule has 0 fully saturated rings. The molecule has 0 radical (unpaired) electrons. The quantitative estimate of drug-likeness (QED) is 0.572. The summed E-state index contributed by atoms with van der Waals surface area (Å²) in [7, 11) is 0. The average molecular weight is 291 g/mol. The number of aryl methyl sites for hydroxylation is 1. The van der Waals surface area contributed by atoms with Crippen molar-refractivity contribution < 1.29 is 0 Å². The normalized spacial score (nSPS) is 11.1. The van der Waals surface area contributed by atoms with Gasteiger partial charge in [-0.2, -0.15) is 0 Å². The minimum atomic E-state index is 1.08. The molecule has 21 heavy (non-hydrogen) atoms. The van der Waals surface area contributed by atoms with Crippen molar-refractivity contribution in [2.45, 2.75) is 53.4 Å². The second-order valence-electron chi connectivity index (χ2n) is 5.72. The van der Waals surface area contributed by atoms with Crippen molar-refractivity contribution in [3.63, 3.8) is 0 Å². The SMILES string of the molecule is CCCCCCN(CCN(CC)CC)c1ncccc1C. The van der Waals surface area contributed by atoms with Gasteiger partial charge in [0.25, 0.3) is 0 Å². The summed E-state index contributed by atoms with van der Waals surface area (Å²) in [6.07, 6.45) is 7.14. The number of hydrogen-bond acceptors (Lipinski definition) is 3. The summed E-state index contributed by atoms with van der Waals surface area (Å²) in [5.74, 6) is 1.17. The second kappa shape index (κ2) is 10.6. The highest BCUT2D eigenvalue weighted by Gasteiger charge is 2.11. The first kappa shape index (κ1) is 18.0. The average Bonchev–Trinajstić information content (AvgIpc) is 2.51. The molecule has 0 N–H and O–H groups in total. The van der Waals surface area contributed by atoms with Crippen molar-refractivity contribution in [2.24, 2.45) is 0 Å². The van der Waals surface area contributed by atoms with Gasteiger partial charge in [0.2, 0.25) is 0 Å². The van der Waals surface area contributed by atoms with Gasteiger partial charge in [0.15, 0.2) is 0 Å². The fourth-order valence-corrected chi connectivity index (χ4v) is 2.66. The molecule has 0 saturated heterocycles. The van der Waals surface area contributed by atoms with E-state index < -0.39 is 0 Å². The molecule has 0 bridgehead atoms. The van der Waals surface area contributed by atoms with Crippen LogP contribution >= 0.6 is 0 Å². The maximum absolute atomic E-state index is 4.61. The van der Waals surface area contributed by atoms with E-state index in [1.165, 1.54) is 37.1 Å². The van der Waals surface area contributed by atoms with Gasteiger partial charge in [0.05, 0.1) is 0 Å². The number of likely N-dealkylation sites (N-methyl/N-ethyl adjacent to an activating group) is 1. The summed E-state index contributed by atoms with van der Waals surface area (Å²) in [5, 5.41) is 0. The molecule has 3 nitrogen and oxygen atoms in total. The molecule has 0 atom stereocenters. The number of nitrogens with zero attached hydrogens (tertiary/aromatic N) is 3. The third-order valence-corrected chi connectivity index (χ3v) is 4.14. The Balaban J connectivity index is 2.63. The Bertz CT molecular complexity index is 374. The Morgan fingerprint density at radius 2 is 1.71 bits per heavy atom. The number of anilines is 1. The fourth-order valence-electron chi connectivity index (χ4n) is 2.66. The molecule has 0 aliphatic carbocycles. The first-order chi connectivity index (χ1) is 10.2. The minimum Gasteiger partial charge on any atom is -0.355 e. The van der Waals surface area contributed by atoms with Crippen LogP contribution in [0.1, 0.15) is 52.0 Å². The van der Waals surface area contributed by atoms with Crippen LogP contribution in [0.2, 0.25) is 0 Å². The fraction of sp³-hybridized carbons (Fsp3) is 0.722. The molecule has 1 rings (SSSR count). The largest absolute Gasteiger partial charge is 0.355 e. The molecular weight excluding hydrogens is 258 g/mol. The van der Waals surface area contributed by atoms with Gasteiger partial charge in [-0.3, -0.25) is 0 Å². The van der Waals surface area contributed by atoms with Crippen molar-refractivity contribution >= 4 is 5.82 Å². The van der Waals surface area contributed by atoms with Crippen molar-refractivity contribution in [3.8, 4) is 0 Å². The van der Waals surface area contributed by atoms with E-state index in [4.69, 9.17) is 0 Å². The smallest absolute Gasteiger partial charge is 0.131 e. The maximum Gasteiger partial charge on any atom is 0.131 e. The molecule has 0 aliphatic heterocycles. The third-order valence-electron chi connectivity index (χ3n) is 4.14. The minimum absolute atomic E-state index is 1.08. The summed E-state index contributed by atoms with van der Waals surface area (Å²) < 4.78 is 0. The molecule has 1 aromatic heterocycles. The highest BCUT2D eigenvalue weighted by Crippen LogP contribution is 2.17. The molecule has 0 aromatic carbocycles. The van der Waals surface area contributed by atoms with Gasteiger partial charge >= 0.3 is 0 Å². The summed E-state index contributed by atoms with van der Waals surface area (Å²) in [5.41, 5.74) is 1.28. The Labute approximate surface area is 131 Å². The van der Waals surface area contributed by atoms with E-state index in [0.29, 0.717) is 0 Å². The van der Waals surface area contributed by atoms with Crippen LogP contribution in [-0.2, 0) is 0 Å². The molecule has 0 spiro atoms. The summed E-state index contributed by atoms with van der Waals surface area (Å²) in [6, 6.07) is 4.19. The van der Waals surface area contributed by atoms with Crippen molar-refractivity contribution in [3.05, 3.63) is 23.9 Å². The van der Waals surface area contributed by atoms with E-state index in [0.717, 1.165) is 32.7 Å². The molecule has 0 aliphatic rings. The van der Waals surface area contributed by atoms with Gasteiger partial charge in [-0.25, -0.2) is 4.98 Å². The van der Waals surface area contributed by atoms with Gasteiger partial charge in [-0.1, -0.05) is 46.1 Å². The van der Waals surface area contributed by atoms with Gasteiger partial charge in [-0.15, -0.1) is 0 Å². The van der Waals surface area contributed by atoms with Crippen LogP contribution in [-0.4, -0.2) is 42.6 Å². The lowest BCUT2D eigenvalue weighted by atomic mass is 10.2. The van der Waals surface area contributed by atoms with Crippen LogP contribution in [0, 0.1) is 6.92 Å². The third kappa shape index (κ3) is 6.47. The molecule has 3 heteroatoms. The Morgan fingerprint density at radius 1 is 0.952 bits per heavy atom. The maximum atomic E-state index is 4.61. The number of pyridine rings is 1. The zero-order valence-corrected chi connectivity index (χ0v) is 14.4. The molecule has 1 heterocycles. The monoisotopic (exact) mass is 291 g/mol. The van der Waals surface area contributed by atoms with Crippen LogP contribution in [0.3, 0.4) is 0 Å². The van der Waals surface area contributed by atoms with Gasteiger partial charge in [0, 0.05) is 25.8 Å². The van der Waals surface area contributed by atoms with Gasteiger partial charge in [0.1, 0.15) is 5.82 Å². The molecule has 120 valence electrons. The van der Waals surface area contributed by atoms with Gasteiger partial charge in [-0.05, 0) is 38.1 Å². The Kier molecular flexibility index (Phi) is 9.07. The molecule has 0 unspecified atom stereocenters. The topological polar surface area (TPSA) is 19.4 Å². The van der Waals surface area contributed by atoms with Crippen molar-refractivity contribution in [1.29, 1.82) is 0 Å². The highest BCUT2D eigenvalue weighted by atomic mass is 15.2. The Hall–Kier alpha value is -1.09. The number of unbranched alkanes of at least 4 members (excludes halogenated alkanes) is 3. The first-order valence-corrected chi connectivity index (χ1v) is 8.61. The highest BCUT2D eigenvalue weighted by molar-refractivity contribution is 5.45. The van der Waals surface area contributed by atoms with E-state index in [2.05, 4.69) is 48.5 Å². The van der Waals surface area contributed by atoms with E-state index in [1.54, 1.807) is 0 Å². The van der Waals surface area contributed by atoms with E-state index >= 15 is 0 Å². The van der Waals surface area contributed by atoms with Crippen LogP contribution in [0.5, 0.6) is 0 Å². The molecule has 0 amide bonds. The van der Waals surface area contributed by atoms with Crippen molar-refractivity contribution in [1.82, 2.24) is 9.88 Å². The lowest BCUT2D eigenvalue weighted by molar-refractivity contribution is 0.309. The van der Waals surface area contributed by atoms with Crippen LogP contribution in [0.15, 0.2) is 18.3 Å². The van der Waals surface area contributed by atoms with Crippen LogP contribution in [0.25, 0.3) is 0 Å². The Morgan fingerprint density at radius 3 is 2.33 bits per heavy atom. The number of aromatic nitrogens is 1. The molecule has 1 aromatic rings. The van der Waals surface area contributed by atoms with E-state index in [1.807, 2.05) is 12.3 Å². The number of rotatable bonds is 11. The summed E-state index contributed by atoms with van der Waals surface area (Å²) in [6.45, 7) is 14.5. The lowest BCUT2D eigenvalue weighted by Gasteiger charge is -2.28. The van der Waals surface area contributed by atoms with Crippen LogP contribution in [0.4, 0.5) is 5.82 Å². The second-order valence-corrected chi connectivity index (χ2v) is 5.72. The van der Waals surface area contributed by atoms with E-state index in [9.17, 15) is 0 Å². The predicted octanol–water partition coefficient (Wildman–Crippen LogP) is 4.12. The number of hydrogen-bond donors (Lipinski definition) is 0. The van der Waals surface area contributed by atoms with Crippen molar-refractivity contribution in [2.75, 3.05) is 37.6 Å². The summed E-state index contributed by atoms with van der Waals surface area (Å²) in [4.78, 5) is 9.57. The zero-order valence-electron chi connectivity index (χ0n) is 14.4. The van der Waals surface area contributed by atoms with Crippen LogP contribution < -0.4 is 4.90 Å². The first-order valence-electron chi connectivity index (χ1n) is 8.61. The van der Waals surface area contributed by atoms with Gasteiger partial charge < -0.3 is 9.80 Å². The predicted molar refractivity (Wildman–Crippen MR) is 93.1 cm³/mol. The molecular formula is C18H33N3.